The molecule has 3 aliphatic rings. The lowest BCUT2D eigenvalue weighted by atomic mass is 9.92. The zero-order valence-corrected chi connectivity index (χ0v) is 36.5. The lowest BCUT2D eigenvalue weighted by molar-refractivity contribution is -0.109. The van der Waals surface area contributed by atoms with E-state index in [0.29, 0.717) is 11.4 Å². The van der Waals surface area contributed by atoms with Crippen LogP contribution in [0, 0.1) is 0 Å². The van der Waals surface area contributed by atoms with Crippen LogP contribution in [-0.4, -0.2) is 96.4 Å². The monoisotopic (exact) mass is 909 g/mol. The Hall–Kier alpha value is -7.40. The van der Waals surface area contributed by atoms with Crippen molar-refractivity contribution in [2.75, 3.05) is 48.2 Å². The number of nitrogen functional groups attached to an aromatic ring is 1. The number of fused-ring (bicyclic) bond motifs is 1. The third-order valence-corrected chi connectivity index (χ3v) is 11.7. The second-order valence-corrected chi connectivity index (χ2v) is 16.7. The molecule has 64 heavy (non-hydrogen) atoms. The van der Waals surface area contributed by atoms with Crippen molar-refractivity contribution in [1.29, 1.82) is 0 Å². The molecule has 0 amide bonds. The van der Waals surface area contributed by atoms with Crippen LogP contribution in [0.1, 0.15) is 43.6 Å². The summed E-state index contributed by atoms with van der Waals surface area (Å²) in [6.07, 6.45) is 10.6. The van der Waals surface area contributed by atoms with Crippen LogP contribution in [0.25, 0.3) is 6.08 Å². The van der Waals surface area contributed by atoms with Crippen LogP contribution in [0.3, 0.4) is 0 Å². The fourth-order valence-corrected chi connectivity index (χ4v) is 7.89. The van der Waals surface area contributed by atoms with Gasteiger partial charge in [0.05, 0.1) is 34.0 Å². The number of carbonyl (C=O) groups excluding carboxylic acids is 3. The molecule has 0 fully saturated rings. The highest BCUT2D eigenvalue weighted by molar-refractivity contribution is 7.91. The van der Waals surface area contributed by atoms with E-state index in [9.17, 15) is 40.3 Å². The molecule has 0 heterocycles. The number of likely N-dealkylation sites (N-methyl/N-ethyl adjacent to an activating group) is 2. The summed E-state index contributed by atoms with van der Waals surface area (Å²) in [4.78, 5) is 41.4. The van der Waals surface area contributed by atoms with Crippen LogP contribution in [0.5, 0.6) is 0 Å². The Kier molecular flexibility index (Phi) is 13.9. The minimum atomic E-state index is -5.17. The minimum Gasteiger partial charge on any atom is -0.396 e. The van der Waals surface area contributed by atoms with E-state index >= 15 is 0 Å². The van der Waals surface area contributed by atoms with Gasteiger partial charge in [0.2, 0.25) is 17.3 Å². The van der Waals surface area contributed by atoms with E-state index in [1.54, 1.807) is 48.6 Å². The molecule has 0 aromatic heterocycles. The standard InChI is InChI=1S/C42H43N11O9S2/c1-5-52(6-2)30-17-19-32(34(54)23-30)48-44-26-9-13-28(14-10-26)46-50-40-36(63(57,58)59)21-25-22-37(64(60,61)62)41(42(56)38(25)39(40)43)51-47-29-15-11-27(12-16-29)45-49-33-20-18-31(24-35(33)55)53(7-3)8-4/h9-24,44-45,47H,5-8,43H2,1-4H3,(H,57,58,59)(H,60,61,62)/b48-32-,49-33-,50-46?,51-41+. The van der Waals surface area contributed by atoms with E-state index in [4.69, 9.17) is 5.73 Å². The van der Waals surface area contributed by atoms with Gasteiger partial charge in [-0.2, -0.15) is 37.3 Å². The number of azo groups is 1. The summed E-state index contributed by atoms with van der Waals surface area (Å²) in [5, 5.41) is 20.3. The highest BCUT2D eigenvalue weighted by Gasteiger charge is 2.37. The lowest BCUT2D eigenvalue weighted by Crippen LogP contribution is -2.28. The molecule has 0 radical (unpaired) electrons. The lowest BCUT2D eigenvalue weighted by Gasteiger charge is -2.23. The molecule has 0 spiro atoms. The highest BCUT2D eigenvalue weighted by Crippen LogP contribution is 2.41. The number of anilines is 4. The Morgan fingerprint density at radius 2 is 1.06 bits per heavy atom. The first-order valence-corrected chi connectivity index (χ1v) is 22.5. The Morgan fingerprint density at radius 1 is 0.609 bits per heavy atom. The van der Waals surface area contributed by atoms with Crippen molar-refractivity contribution in [3.63, 3.8) is 0 Å². The van der Waals surface area contributed by atoms with Crippen LogP contribution < -0.4 is 22.0 Å². The molecule has 3 aromatic rings. The van der Waals surface area contributed by atoms with E-state index in [0.717, 1.165) is 49.7 Å². The second kappa shape index (κ2) is 19.3. The summed E-state index contributed by atoms with van der Waals surface area (Å²) in [5.41, 5.74) is 14.8. The molecule has 22 heteroatoms. The molecule has 332 valence electrons. The number of nitrogens with two attached hydrogens (primary N) is 1. The first-order chi connectivity index (χ1) is 30.4. The number of Topliss-reactive ketones (excluding diaryl/α,β-unsaturated/α-hetero) is 1. The van der Waals surface area contributed by atoms with Gasteiger partial charge in [-0.05, 0) is 118 Å². The van der Waals surface area contributed by atoms with Gasteiger partial charge in [0.25, 0.3) is 20.2 Å². The number of hydrogen-bond donors (Lipinski definition) is 6. The van der Waals surface area contributed by atoms with Gasteiger partial charge in [-0.25, -0.2) is 0 Å². The maximum atomic E-state index is 14.0. The summed E-state index contributed by atoms with van der Waals surface area (Å²) in [7, 11) is -10.3. The molecule has 0 atom stereocenters. The molecule has 7 N–H and O–H groups in total. The number of hydrogen-bond acceptors (Lipinski definition) is 18. The number of carbonyl (C=O) groups is 3. The van der Waals surface area contributed by atoms with Crippen LogP contribution >= 0.6 is 0 Å². The topological polar surface area (TPSA) is 290 Å². The number of ketones is 3. The molecule has 0 unspecified atom stereocenters. The Morgan fingerprint density at radius 3 is 1.48 bits per heavy atom. The van der Waals surface area contributed by atoms with E-state index in [-0.39, 0.29) is 39.9 Å². The molecule has 3 aromatic carbocycles. The van der Waals surface area contributed by atoms with Crippen molar-refractivity contribution in [2.24, 2.45) is 25.5 Å². The van der Waals surface area contributed by atoms with Gasteiger partial charge in [0.15, 0.2) is 5.71 Å². The number of allylic oxidation sites excluding steroid dienone is 7. The van der Waals surface area contributed by atoms with E-state index in [2.05, 4.69) is 41.8 Å². The molecule has 3 aliphatic carbocycles. The molecule has 0 aliphatic heterocycles. The Bertz CT molecular complexity index is 2910. The zero-order valence-electron chi connectivity index (χ0n) is 34.8. The molecular formula is C42H43N11O9S2. The number of nitrogens with zero attached hydrogens (tertiary/aromatic N) is 7. The first-order valence-electron chi connectivity index (χ1n) is 19.6. The molecule has 20 nitrogen and oxygen atoms in total. The van der Waals surface area contributed by atoms with Gasteiger partial charge >= 0.3 is 0 Å². The summed E-state index contributed by atoms with van der Waals surface area (Å²) in [6.45, 7) is 10.9. The summed E-state index contributed by atoms with van der Waals surface area (Å²) in [6, 6.07) is 12.9. The number of nitrogens with one attached hydrogen (secondary N) is 3. The van der Waals surface area contributed by atoms with Crippen molar-refractivity contribution in [2.45, 2.75) is 32.6 Å². The summed E-state index contributed by atoms with van der Waals surface area (Å²) in [5.74, 6) is -1.70. The van der Waals surface area contributed by atoms with E-state index in [1.165, 1.54) is 36.4 Å². The van der Waals surface area contributed by atoms with Crippen LogP contribution in [0.4, 0.5) is 34.1 Å². The minimum absolute atomic E-state index is 0.165. The molecule has 0 saturated heterocycles. The maximum Gasteiger partial charge on any atom is 0.296 e. The van der Waals surface area contributed by atoms with Crippen molar-refractivity contribution in [1.82, 2.24) is 9.80 Å². The van der Waals surface area contributed by atoms with Gasteiger partial charge in [0, 0.05) is 49.7 Å². The van der Waals surface area contributed by atoms with Crippen molar-refractivity contribution < 1.29 is 40.3 Å². The van der Waals surface area contributed by atoms with Crippen molar-refractivity contribution in [3.05, 3.63) is 118 Å². The third-order valence-electron chi connectivity index (χ3n) is 9.92. The van der Waals surface area contributed by atoms with E-state index < -0.39 is 58.5 Å². The van der Waals surface area contributed by atoms with Crippen molar-refractivity contribution in [3.8, 4) is 0 Å². The van der Waals surface area contributed by atoms with E-state index in [1.807, 2.05) is 37.5 Å². The van der Waals surface area contributed by atoms with Crippen molar-refractivity contribution >= 4 is 94.9 Å². The Balaban J connectivity index is 1.21. The fourth-order valence-electron chi connectivity index (χ4n) is 6.56. The average Bonchev–Trinajstić information content (AvgIpc) is 3.26. The summed E-state index contributed by atoms with van der Waals surface area (Å²) < 4.78 is 70.4. The number of hydrazone groups is 3. The zero-order chi connectivity index (χ0) is 46.3. The SMILES string of the molecule is CCN(CC)C1=CC(=O)/C(=N\Nc2ccc(N=Nc3c(S(=O)(=O)O)cc4c(c3N)C(=O)/C(=N/Nc3ccc(N/N=C5/C=CC(N(CC)CC)=CC5=O)cc3)C(S(=O)(=O)O)=C4)cc2)C=C1. The average molecular weight is 910 g/mol. The predicted molar refractivity (Wildman–Crippen MR) is 245 cm³/mol. The Labute approximate surface area is 368 Å². The molecule has 0 saturated carbocycles. The third kappa shape index (κ3) is 10.4. The molecule has 0 bridgehead atoms. The number of benzene rings is 3. The smallest absolute Gasteiger partial charge is 0.296 e. The van der Waals surface area contributed by atoms with Gasteiger partial charge in [0.1, 0.15) is 26.9 Å². The van der Waals surface area contributed by atoms with Crippen LogP contribution in [0.15, 0.2) is 138 Å². The highest BCUT2D eigenvalue weighted by atomic mass is 32.2. The largest absolute Gasteiger partial charge is 0.396 e. The second-order valence-electron chi connectivity index (χ2n) is 13.9. The van der Waals surface area contributed by atoms with Gasteiger partial charge in [-0.1, -0.05) is 0 Å². The summed E-state index contributed by atoms with van der Waals surface area (Å²) >= 11 is 0. The normalized spacial score (nSPS) is 17.1. The van der Waals surface area contributed by atoms with Crippen LogP contribution in [-0.2, 0) is 29.8 Å². The molecular weight excluding hydrogens is 867 g/mol. The maximum absolute atomic E-state index is 14.0. The molecule has 6 rings (SSSR count). The number of rotatable bonds is 16. The quantitative estimate of drug-likeness (QED) is 0.0312. The van der Waals surface area contributed by atoms with Crippen LogP contribution in [0.2, 0.25) is 0 Å². The predicted octanol–water partition coefficient (Wildman–Crippen LogP) is 6.09. The van der Waals surface area contributed by atoms with Gasteiger partial charge < -0.3 is 15.5 Å². The first kappa shape index (κ1) is 46.1. The fraction of sp³-hybridized carbons (Fsp3) is 0.190. The van der Waals surface area contributed by atoms with Gasteiger partial charge in [-0.3, -0.25) is 39.8 Å². The van der Waals surface area contributed by atoms with Gasteiger partial charge in [-0.15, -0.1) is 5.11 Å².